The van der Waals surface area contributed by atoms with Crippen LogP contribution < -0.4 is 15.4 Å². The number of para-hydroxylation sites is 2. The van der Waals surface area contributed by atoms with E-state index in [0.29, 0.717) is 12.4 Å². The van der Waals surface area contributed by atoms with E-state index in [2.05, 4.69) is 10.6 Å². The Labute approximate surface area is 146 Å². The van der Waals surface area contributed by atoms with Gasteiger partial charge >= 0.3 is 6.03 Å². The lowest BCUT2D eigenvalue weighted by Crippen LogP contribution is -2.43. The number of halogens is 1. The molecule has 5 nitrogen and oxygen atoms in total. The summed E-state index contributed by atoms with van der Waals surface area (Å²) in [5.41, 5.74) is 0.00314. The lowest BCUT2D eigenvalue weighted by molar-refractivity contribution is 0.0868. The molecule has 0 spiro atoms. The number of anilines is 1. The summed E-state index contributed by atoms with van der Waals surface area (Å²) in [7, 11) is 0. The van der Waals surface area contributed by atoms with Gasteiger partial charge in [-0.1, -0.05) is 24.3 Å². The van der Waals surface area contributed by atoms with Crippen molar-refractivity contribution in [2.24, 2.45) is 0 Å². The maximum atomic E-state index is 14.2. The van der Waals surface area contributed by atoms with Crippen LogP contribution in [-0.4, -0.2) is 24.8 Å². The third kappa shape index (κ3) is 4.48. The predicted molar refractivity (Wildman–Crippen MR) is 93.5 cm³/mol. The topological polar surface area (TPSA) is 59.6 Å². The lowest BCUT2D eigenvalue weighted by Gasteiger charge is -2.21. The van der Waals surface area contributed by atoms with Crippen LogP contribution in [0.2, 0.25) is 0 Å². The number of amides is 2. The van der Waals surface area contributed by atoms with E-state index in [4.69, 9.17) is 9.47 Å². The first-order valence-corrected chi connectivity index (χ1v) is 8.34. The molecule has 1 heterocycles. The Morgan fingerprint density at radius 2 is 2.04 bits per heavy atom. The van der Waals surface area contributed by atoms with Gasteiger partial charge in [0.15, 0.2) is 11.6 Å². The van der Waals surface area contributed by atoms with E-state index >= 15 is 0 Å². The van der Waals surface area contributed by atoms with Gasteiger partial charge in [-0.2, -0.15) is 0 Å². The fourth-order valence-corrected chi connectivity index (χ4v) is 2.77. The molecule has 2 aromatic carbocycles. The van der Waals surface area contributed by atoms with Crippen molar-refractivity contribution in [2.75, 3.05) is 11.9 Å². The summed E-state index contributed by atoms with van der Waals surface area (Å²) in [6.45, 7) is 2.58. The van der Waals surface area contributed by atoms with Crippen LogP contribution in [0.15, 0.2) is 48.5 Å². The zero-order valence-electron chi connectivity index (χ0n) is 14.0. The van der Waals surface area contributed by atoms with Gasteiger partial charge in [0.05, 0.1) is 12.1 Å². The average Bonchev–Trinajstić information content (AvgIpc) is 3.14. The van der Waals surface area contributed by atoms with Gasteiger partial charge in [-0.3, -0.25) is 0 Å². The van der Waals surface area contributed by atoms with Gasteiger partial charge in [0.25, 0.3) is 0 Å². The molecule has 6 heteroatoms. The monoisotopic (exact) mass is 344 g/mol. The minimum absolute atomic E-state index is 0.00314. The Hall–Kier alpha value is -2.60. The fraction of sp³-hybridized carbons (Fsp3) is 0.316. The highest BCUT2D eigenvalue weighted by molar-refractivity contribution is 5.91. The smallest absolute Gasteiger partial charge is 0.319 e. The second kappa shape index (κ2) is 7.98. The fourth-order valence-electron chi connectivity index (χ4n) is 2.77. The summed E-state index contributed by atoms with van der Waals surface area (Å²) < 4.78 is 25.4. The van der Waals surface area contributed by atoms with Crippen molar-refractivity contribution >= 4 is 11.7 Å². The van der Waals surface area contributed by atoms with E-state index in [-0.39, 0.29) is 23.6 Å². The molecule has 0 aliphatic carbocycles. The Morgan fingerprint density at radius 1 is 1.24 bits per heavy atom. The highest BCUT2D eigenvalue weighted by Gasteiger charge is 2.24. The highest BCUT2D eigenvalue weighted by atomic mass is 19.1. The van der Waals surface area contributed by atoms with Gasteiger partial charge in [0.1, 0.15) is 11.4 Å². The summed E-state index contributed by atoms with van der Waals surface area (Å²) in [5.74, 6) is 0.240. The second-order valence-electron chi connectivity index (χ2n) is 5.97. The number of carbonyl (C=O) groups is 1. The van der Waals surface area contributed by atoms with Crippen LogP contribution in [0.1, 0.15) is 19.8 Å². The number of nitrogens with one attached hydrogen (secondary N) is 2. The minimum Gasteiger partial charge on any atom is -0.455 e. The summed E-state index contributed by atoms with van der Waals surface area (Å²) in [5, 5.41) is 5.34. The molecule has 3 rings (SSSR count). The molecular formula is C19H21FN2O3. The van der Waals surface area contributed by atoms with Gasteiger partial charge in [-0.05, 0) is 44.0 Å². The number of rotatable bonds is 5. The van der Waals surface area contributed by atoms with Gasteiger partial charge in [0.2, 0.25) is 0 Å². The number of ether oxygens (including phenoxy) is 2. The molecule has 132 valence electrons. The normalized spacial score (nSPS) is 17.8. The van der Waals surface area contributed by atoms with E-state index < -0.39 is 11.8 Å². The molecule has 2 aromatic rings. The van der Waals surface area contributed by atoms with Crippen LogP contribution in [0.5, 0.6) is 11.5 Å². The van der Waals surface area contributed by atoms with Gasteiger partial charge in [-0.25, -0.2) is 9.18 Å². The van der Waals surface area contributed by atoms with Gasteiger partial charge in [0, 0.05) is 6.61 Å². The van der Waals surface area contributed by atoms with Gasteiger partial charge in [-0.15, -0.1) is 0 Å². The predicted octanol–water partition coefficient (Wildman–Crippen LogP) is 4.31. The largest absolute Gasteiger partial charge is 0.455 e. The van der Waals surface area contributed by atoms with E-state index in [1.165, 1.54) is 12.1 Å². The van der Waals surface area contributed by atoms with E-state index in [0.717, 1.165) is 12.8 Å². The van der Waals surface area contributed by atoms with Crippen LogP contribution in [0.25, 0.3) is 0 Å². The molecule has 2 atom stereocenters. The van der Waals surface area contributed by atoms with Crippen molar-refractivity contribution < 1.29 is 18.7 Å². The molecule has 0 saturated carbocycles. The molecule has 1 saturated heterocycles. The summed E-state index contributed by atoms with van der Waals surface area (Å²) in [6, 6.07) is 12.8. The quantitative estimate of drug-likeness (QED) is 0.850. The van der Waals surface area contributed by atoms with Crippen LogP contribution >= 0.6 is 0 Å². The minimum atomic E-state index is -0.562. The molecule has 1 aliphatic rings. The van der Waals surface area contributed by atoms with Crippen molar-refractivity contribution in [3.8, 4) is 11.5 Å². The number of carbonyl (C=O) groups excluding carboxylic acids is 1. The number of hydrogen-bond donors (Lipinski definition) is 2. The number of benzene rings is 2. The maximum absolute atomic E-state index is 14.2. The maximum Gasteiger partial charge on any atom is 0.319 e. The third-order valence-corrected chi connectivity index (χ3v) is 4.07. The molecule has 25 heavy (non-hydrogen) atoms. The zero-order chi connectivity index (χ0) is 17.6. The Balaban J connectivity index is 1.69. The zero-order valence-corrected chi connectivity index (χ0v) is 14.0. The number of urea groups is 1. The van der Waals surface area contributed by atoms with E-state index in [1.807, 2.05) is 25.1 Å². The van der Waals surface area contributed by atoms with Crippen molar-refractivity contribution in [3.05, 3.63) is 54.3 Å². The Kier molecular flexibility index (Phi) is 5.50. The Bertz CT molecular complexity index is 718. The standard InChI is InChI=1S/C19H21FN2O3/c1-13(16-11-6-12-24-16)21-19(23)22-18-15(20)9-5-10-17(18)25-14-7-3-2-4-8-14/h2-5,7-10,13,16H,6,11-12H2,1H3,(H2,21,22,23). The average molecular weight is 344 g/mol. The summed E-state index contributed by atoms with van der Waals surface area (Å²) in [4.78, 5) is 12.2. The van der Waals surface area contributed by atoms with Crippen LogP contribution in [0.4, 0.5) is 14.9 Å². The second-order valence-corrected chi connectivity index (χ2v) is 5.97. The highest BCUT2D eigenvalue weighted by Crippen LogP contribution is 2.31. The van der Waals surface area contributed by atoms with Crippen LogP contribution in [0.3, 0.4) is 0 Å². The van der Waals surface area contributed by atoms with Crippen LogP contribution in [0, 0.1) is 5.82 Å². The molecule has 2 amide bonds. The van der Waals surface area contributed by atoms with E-state index in [1.54, 1.807) is 18.2 Å². The molecule has 2 N–H and O–H groups in total. The molecular weight excluding hydrogens is 323 g/mol. The SMILES string of the molecule is CC(NC(=O)Nc1c(F)cccc1Oc1ccccc1)C1CCCO1. The Morgan fingerprint density at radius 3 is 2.76 bits per heavy atom. The lowest BCUT2D eigenvalue weighted by atomic mass is 10.1. The van der Waals surface area contributed by atoms with Crippen LogP contribution in [-0.2, 0) is 4.74 Å². The first-order chi connectivity index (χ1) is 12.1. The summed E-state index contributed by atoms with van der Waals surface area (Å²) in [6.07, 6.45) is 1.89. The third-order valence-electron chi connectivity index (χ3n) is 4.07. The molecule has 2 unspecified atom stereocenters. The van der Waals surface area contributed by atoms with E-state index in [9.17, 15) is 9.18 Å². The molecule has 0 radical (unpaired) electrons. The van der Waals surface area contributed by atoms with Crippen molar-refractivity contribution in [3.63, 3.8) is 0 Å². The van der Waals surface area contributed by atoms with Crippen molar-refractivity contribution in [1.82, 2.24) is 5.32 Å². The molecule has 0 bridgehead atoms. The molecule has 1 fully saturated rings. The summed E-state index contributed by atoms with van der Waals surface area (Å²) >= 11 is 0. The molecule has 0 aromatic heterocycles. The number of hydrogen-bond acceptors (Lipinski definition) is 3. The van der Waals surface area contributed by atoms with Crippen molar-refractivity contribution in [2.45, 2.75) is 31.9 Å². The van der Waals surface area contributed by atoms with Crippen molar-refractivity contribution in [1.29, 1.82) is 0 Å². The van der Waals surface area contributed by atoms with Gasteiger partial charge < -0.3 is 20.1 Å². The first-order valence-electron chi connectivity index (χ1n) is 8.34. The molecule has 1 aliphatic heterocycles. The first kappa shape index (κ1) is 17.2.